The maximum atomic E-state index is 10.9. The molecule has 0 aliphatic rings. The van der Waals surface area contributed by atoms with Gasteiger partial charge in [-0.05, 0) is 41.0 Å². The van der Waals surface area contributed by atoms with Crippen LogP contribution in [0, 0.1) is 0 Å². The van der Waals surface area contributed by atoms with Crippen molar-refractivity contribution in [2.45, 2.75) is 103 Å². The second-order valence-corrected chi connectivity index (χ2v) is 11.8. The van der Waals surface area contributed by atoms with Crippen LogP contribution in [-0.2, 0) is 10.8 Å². The van der Waals surface area contributed by atoms with Crippen LogP contribution in [0.4, 0.5) is 11.6 Å². The lowest BCUT2D eigenvalue weighted by Gasteiger charge is -2.28. The van der Waals surface area contributed by atoms with Crippen molar-refractivity contribution in [3.8, 4) is 5.75 Å². The molecule has 2 rings (SSSR count). The molecule has 7 heteroatoms. The quantitative estimate of drug-likeness (QED) is 0.204. The van der Waals surface area contributed by atoms with Gasteiger partial charge in [-0.15, -0.1) is 0 Å². The molecule has 0 radical (unpaired) electrons. The summed E-state index contributed by atoms with van der Waals surface area (Å²) < 4.78 is 0. The van der Waals surface area contributed by atoms with E-state index in [1.165, 1.54) is 32.1 Å². The molecule has 2 N–H and O–H groups in total. The van der Waals surface area contributed by atoms with Gasteiger partial charge in [-0.1, -0.05) is 92.3 Å². The highest BCUT2D eigenvalue weighted by molar-refractivity contribution is 7.99. The van der Waals surface area contributed by atoms with Crippen LogP contribution in [0.2, 0.25) is 5.28 Å². The van der Waals surface area contributed by atoms with E-state index in [0.29, 0.717) is 16.9 Å². The van der Waals surface area contributed by atoms with Crippen LogP contribution in [0.5, 0.6) is 5.75 Å². The summed E-state index contributed by atoms with van der Waals surface area (Å²) in [6.07, 6.45) is 7.55. The first kappa shape index (κ1) is 26.7. The molecular weight excluding hydrogens is 440 g/mol. The second kappa shape index (κ2) is 11.6. The average molecular weight is 479 g/mol. The number of aromatic nitrogens is 3. The Hall–Kier alpha value is -1.53. The van der Waals surface area contributed by atoms with Gasteiger partial charge in [0.15, 0.2) is 5.16 Å². The fourth-order valence-corrected chi connectivity index (χ4v) is 4.52. The van der Waals surface area contributed by atoms with Crippen LogP contribution in [0.3, 0.4) is 0 Å². The van der Waals surface area contributed by atoms with Gasteiger partial charge in [-0.2, -0.15) is 15.0 Å². The van der Waals surface area contributed by atoms with Gasteiger partial charge in [-0.25, -0.2) is 0 Å². The maximum absolute atomic E-state index is 10.9. The fourth-order valence-electron chi connectivity index (χ4n) is 3.48. The minimum atomic E-state index is -0.212. The number of hydrogen-bond donors (Lipinski definition) is 2. The van der Waals surface area contributed by atoms with Gasteiger partial charge in [-0.3, -0.25) is 0 Å². The van der Waals surface area contributed by atoms with Crippen molar-refractivity contribution in [3.05, 3.63) is 28.5 Å². The van der Waals surface area contributed by atoms with Crippen LogP contribution < -0.4 is 5.32 Å². The van der Waals surface area contributed by atoms with Crippen LogP contribution in [0.25, 0.3) is 0 Å². The molecule has 0 aliphatic carbocycles. The molecule has 0 unspecified atom stereocenters. The zero-order chi connectivity index (χ0) is 23.9. The molecule has 1 heterocycles. The van der Waals surface area contributed by atoms with Crippen molar-refractivity contribution in [1.82, 2.24) is 15.0 Å². The van der Waals surface area contributed by atoms with Crippen LogP contribution >= 0.6 is 23.4 Å². The van der Waals surface area contributed by atoms with E-state index in [0.717, 1.165) is 29.0 Å². The number of anilines is 2. The summed E-state index contributed by atoms with van der Waals surface area (Å²) in [6, 6.07) is 3.93. The number of phenolic OH excluding ortho intramolecular Hbond substituents is 1. The lowest BCUT2D eigenvalue weighted by molar-refractivity contribution is 0.423. The van der Waals surface area contributed by atoms with E-state index in [1.54, 1.807) is 11.8 Å². The van der Waals surface area contributed by atoms with E-state index in [4.69, 9.17) is 11.6 Å². The van der Waals surface area contributed by atoms with E-state index < -0.39 is 0 Å². The first-order valence-corrected chi connectivity index (χ1v) is 13.0. The molecule has 32 heavy (non-hydrogen) atoms. The highest BCUT2D eigenvalue weighted by atomic mass is 35.5. The third kappa shape index (κ3) is 8.11. The van der Waals surface area contributed by atoms with Gasteiger partial charge in [0.2, 0.25) is 11.2 Å². The van der Waals surface area contributed by atoms with E-state index in [2.05, 4.69) is 68.7 Å². The van der Waals surface area contributed by atoms with Crippen molar-refractivity contribution in [3.63, 3.8) is 0 Å². The molecule has 1 aromatic heterocycles. The molecule has 178 valence electrons. The Balaban J connectivity index is 2.18. The maximum Gasteiger partial charge on any atom is 0.232 e. The molecule has 5 nitrogen and oxygen atoms in total. The number of unbranched alkanes of at least 4 members (excludes halogenated alkanes) is 5. The van der Waals surface area contributed by atoms with Crippen LogP contribution in [-0.4, -0.2) is 25.8 Å². The summed E-state index contributed by atoms with van der Waals surface area (Å²) in [4.78, 5) is 13.1. The lowest BCUT2D eigenvalue weighted by atomic mass is 9.79. The highest BCUT2D eigenvalue weighted by Crippen LogP contribution is 2.41. The van der Waals surface area contributed by atoms with Gasteiger partial charge < -0.3 is 10.4 Å². The molecule has 0 fully saturated rings. The van der Waals surface area contributed by atoms with Crippen molar-refractivity contribution in [2.75, 3.05) is 11.1 Å². The number of benzene rings is 1. The lowest BCUT2D eigenvalue weighted by Crippen LogP contribution is -2.17. The molecule has 2 aromatic rings. The van der Waals surface area contributed by atoms with Gasteiger partial charge in [0, 0.05) is 22.6 Å². The Kier molecular flexibility index (Phi) is 9.65. The van der Waals surface area contributed by atoms with E-state index in [-0.39, 0.29) is 16.1 Å². The summed E-state index contributed by atoms with van der Waals surface area (Å²) in [5, 5.41) is 15.0. The number of phenols is 1. The molecule has 0 amide bonds. The molecule has 0 saturated heterocycles. The van der Waals surface area contributed by atoms with E-state index in [1.807, 2.05) is 12.1 Å². The van der Waals surface area contributed by atoms with Crippen LogP contribution in [0.1, 0.15) is 98.1 Å². The summed E-state index contributed by atoms with van der Waals surface area (Å²) in [7, 11) is 0. The SMILES string of the molecule is CCCCCCCCSc1nc(Cl)nc(Nc2cc(C(C)(C)C)c(O)c(C(C)(C)C)c2)n1. The van der Waals surface area contributed by atoms with Crippen molar-refractivity contribution in [1.29, 1.82) is 0 Å². The topological polar surface area (TPSA) is 70.9 Å². The smallest absolute Gasteiger partial charge is 0.232 e. The Morgan fingerprint density at radius 1 is 0.875 bits per heavy atom. The van der Waals surface area contributed by atoms with Crippen molar-refractivity contribution < 1.29 is 5.11 Å². The molecular formula is C25H39ClN4OS. The van der Waals surface area contributed by atoms with E-state index in [9.17, 15) is 5.11 Å². The Labute approximate surface area is 203 Å². The normalized spacial score (nSPS) is 12.2. The molecule has 0 spiro atoms. The van der Waals surface area contributed by atoms with Gasteiger partial charge in [0.1, 0.15) is 5.75 Å². The number of nitrogens with one attached hydrogen (secondary N) is 1. The van der Waals surface area contributed by atoms with Gasteiger partial charge in [0.25, 0.3) is 0 Å². The first-order valence-electron chi connectivity index (χ1n) is 11.6. The first-order chi connectivity index (χ1) is 14.9. The van der Waals surface area contributed by atoms with Gasteiger partial charge in [0.05, 0.1) is 0 Å². The van der Waals surface area contributed by atoms with Crippen molar-refractivity contribution >= 4 is 35.0 Å². The number of aromatic hydroxyl groups is 1. The Morgan fingerprint density at radius 3 is 2.00 bits per heavy atom. The molecule has 0 aliphatic heterocycles. The third-order valence-electron chi connectivity index (χ3n) is 5.30. The Morgan fingerprint density at radius 2 is 1.44 bits per heavy atom. The molecule has 0 bridgehead atoms. The minimum absolute atomic E-state index is 0.179. The highest BCUT2D eigenvalue weighted by Gasteiger charge is 2.26. The molecule has 0 saturated carbocycles. The number of hydrogen-bond acceptors (Lipinski definition) is 6. The largest absolute Gasteiger partial charge is 0.507 e. The number of rotatable bonds is 10. The predicted molar refractivity (Wildman–Crippen MR) is 138 cm³/mol. The zero-order valence-electron chi connectivity index (χ0n) is 20.7. The number of thioether (sulfide) groups is 1. The summed E-state index contributed by atoms with van der Waals surface area (Å²) in [6.45, 7) is 14.8. The number of halogens is 1. The number of nitrogens with zero attached hydrogens (tertiary/aromatic N) is 3. The van der Waals surface area contributed by atoms with E-state index >= 15 is 0 Å². The standard InChI is InChI=1S/C25H39ClN4OS/c1-8-9-10-11-12-13-14-32-23-29-21(26)28-22(30-23)27-17-15-18(24(2,3)4)20(31)19(16-17)25(5,6)7/h15-16,31H,8-14H2,1-7H3,(H,27,28,29,30). The molecule has 0 atom stereocenters. The molecule has 1 aromatic carbocycles. The van der Waals surface area contributed by atoms with Crippen LogP contribution in [0.15, 0.2) is 17.3 Å². The average Bonchev–Trinajstić information content (AvgIpc) is 2.66. The monoisotopic (exact) mass is 478 g/mol. The van der Waals surface area contributed by atoms with Crippen molar-refractivity contribution in [2.24, 2.45) is 0 Å². The summed E-state index contributed by atoms with van der Waals surface area (Å²) in [5.74, 6) is 1.73. The minimum Gasteiger partial charge on any atom is -0.507 e. The Bertz CT molecular complexity index is 855. The van der Waals surface area contributed by atoms with Gasteiger partial charge >= 0.3 is 0 Å². The fraction of sp³-hybridized carbons (Fsp3) is 0.640. The predicted octanol–water partition coefficient (Wildman–Crippen LogP) is 8.02. The summed E-state index contributed by atoms with van der Waals surface area (Å²) in [5.41, 5.74) is 2.16. The zero-order valence-corrected chi connectivity index (χ0v) is 22.3. The summed E-state index contributed by atoms with van der Waals surface area (Å²) >= 11 is 7.80. The second-order valence-electron chi connectivity index (χ2n) is 10.4. The third-order valence-corrected chi connectivity index (χ3v) is 6.40.